The van der Waals surface area contributed by atoms with Crippen molar-refractivity contribution in [2.24, 2.45) is 0 Å². The molecule has 3 nitrogen and oxygen atoms in total. The van der Waals surface area contributed by atoms with Gasteiger partial charge in [-0.1, -0.05) is 28.1 Å². The van der Waals surface area contributed by atoms with Crippen molar-refractivity contribution in [3.8, 4) is 0 Å². The lowest BCUT2D eigenvalue weighted by Gasteiger charge is -2.16. The first kappa shape index (κ1) is 12.6. The first-order chi connectivity index (χ1) is 8.13. The number of amides is 1. The van der Waals surface area contributed by atoms with Gasteiger partial charge in [-0.2, -0.15) is 0 Å². The van der Waals surface area contributed by atoms with Gasteiger partial charge >= 0.3 is 0 Å². The number of nitrogens with one attached hydrogen (secondary N) is 1. The Morgan fingerprint density at radius 2 is 2.29 bits per heavy atom. The topological polar surface area (TPSA) is 32.3 Å². The van der Waals surface area contributed by atoms with Crippen LogP contribution in [0.25, 0.3) is 0 Å². The van der Waals surface area contributed by atoms with Gasteiger partial charge in [0.2, 0.25) is 5.91 Å². The number of nitrogens with zero attached hydrogens (tertiary/aromatic N) is 1. The van der Waals surface area contributed by atoms with E-state index < -0.39 is 0 Å². The Kier molecular flexibility index (Phi) is 4.18. The monoisotopic (exact) mass is 296 g/mol. The molecule has 1 aliphatic rings. The van der Waals surface area contributed by atoms with Crippen molar-refractivity contribution in [1.82, 2.24) is 10.2 Å². The lowest BCUT2D eigenvalue weighted by atomic mass is 10.2. The van der Waals surface area contributed by atoms with E-state index in [0.29, 0.717) is 12.6 Å². The fraction of sp³-hybridized carbons (Fsp3) is 0.462. The second-order valence-corrected chi connectivity index (χ2v) is 5.56. The van der Waals surface area contributed by atoms with E-state index in [4.69, 9.17) is 0 Å². The van der Waals surface area contributed by atoms with Crippen molar-refractivity contribution in [2.45, 2.75) is 25.4 Å². The first-order valence-corrected chi connectivity index (χ1v) is 6.65. The van der Waals surface area contributed by atoms with Crippen LogP contribution >= 0.6 is 15.9 Å². The summed E-state index contributed by atoms with van der Waals surface area (Å²) in [7, 11) is 1.97. The molecule has 0 bridgehead atoms. The predicted octanol–water partition coefficient (Wildman–Crippen LogP) is 2.16. The fourth-order valence-electron chi connectivity index (χ4n) is 1.75. The molecular formula is C13H17BrN2O. The van der Waals surface area contributed by atoms with Gasteiger partial charge < -0.3 is 5.32 Å². The van der Waals surface area contributed by atoms with E-state index in [1.54, 1.807) is 0 Å². The molecule has 1 N–H and O–H groups in total. The van der Waals surface area contributed by atoms with E-state index >= 15 is 0 Å². The van der Waals surface area contributed by atoms with Crippen molar-refractivity contribution in [1.29, 1.82) is 0 Å². The van der Waals surface area contributed by atoms with Crippen LogP contribution in [0.3, 0.4) is 0 Å². The summed E-state index contributed by atoms with van der Waals surface area (Å²) in [5, 5.41) is 2.99. The van der Waals surface area contributed by atoms with Crippen molar-refractivity contribution >= 4 is 21.8 Å². The zero-order chi connectivity index (χ0) is 12.3. The minimum absolute atomic E-state index is 0.130. The van der Waals surface area contributed by atoms with Gasteiger partial charge in [-0.3, -0.25) is 9.69 Å². The van der Waals surface area contributed by atoms with Gasteiger partial charge in [-0.05, 0) is 37.6 Å². The average molecular weight is 297 g/mol. The van der Waals surface area contributed by atoms with Crippen LogP contribution in [-0.2, 0) is 11.3 Å². The summed E-state index contributed by atoms with van der Waals surface area (Å²) in [6, 6.07) is 8.61. The minimum Gasteiger partial charge on any atom is -0.352 e. The Labute approximate surface area is 110 Å². The van der Waals surface area contributed by atoms with Crippen LogP contribution in [0.1, 0.15) is 18.4 Å². The van der Waals surface area contributed by atoms with E-state index in [0.717, 1.165) is 23.9 Å². The third kappa shape index (κ3) is 4.48. The highest BCUT2D eigenvalue weighted by Gasteiger charge is 2.23. The first-order valence-electron chi connectivity index (χ1n) is 5.86. The van der Waals surface area contributed by atoms with Crippen molar-refractivity contribution < 1.29 is 4.79 Å². The van der Waals surface area contributed by atoms with E-state index in [1.807, 2.05) is 24.1 Å². The number of benzene rings is 1. The largest absolute Gasteiger partial charge is 0.352 e. The molecule has 1 aliphatic carbocycles. The molecule has 0 atom stereocenters. The van der Waals surface area contributed by atoms with Crippen LogP contribution in [0, 0.1) is 0 Å². The van der Waals surface area contributed by atoms with E-state index in [-0.39, 0.29) is 5.91 Å². The third-order valence-electron chi connectivity index (χ3n) is 2.70. The number of hydrogen-bond acceptors (Lipinski definition) is 2. The number of carbonyl (C=O) groups is 1. The van der Waals surface area contributed by atoms with E-state index in [2.05, 4.69) is 33.4 Å². The number of carbonyl (C=O) groups excluding carboxylic acids is 1. The van der Waals surface area contributed by atoms with Gasteiger partial charge in [0.1, 0.15) is 0 Å². The third-order valence-corrected chi connectivity index (χ3v) is 3.19. The summed E-state index contributed by atoms with van der Waals surface area (Å²) in [4.78, 5) is 13.6. The smallest absolute Gasteiger partial charge is 0.234 e. The molecule has 0 saturated heterocycles. The van der Waals surface area contributed by atoms with Gasteiger partial charge in [-0.15, -0.1) is 0 Å². The van der Waals surface area contributed by atoms with E-state index in [9.17, 15) is 4.79 Å². The van der Waals surface area contributed by atoms with Crippen LogP contribution in [0.5, 0.6) is 0 Å². The number of rotatable bonds is 5. The quantitative estimate of drug-likeness (QED) is 0.903. The van der Waals surface area contributed by atoms with E-state index in [1.165, 1.54) is 5.56 Å². The molecule has 1 aromatic carbocycles. The average Bonchev–Trinajstić information content (AvgIpc) is 3.00. The second kappa shape index (κ2) is 5.65. The lowest BCUT2D eigenvalue weighted by Crippen LogP contribution is -2.35. The highest BCUT2D eigenvalue weighted by atomic mass is 79.9. The predicted molar refractivity (Wildman–Crippen MR) is 71.6 cm³/mol. The van der Waals surface area contributed by atoms with Crippen molar-refractivity contribution in [3.05, 3.63) is 34.3 Å². The number of likely N-dealkylation sites (N-methyl/N-ethyl adjacent to an activating group) is 1. The Morgan fingerprint density at radius 1 is 1.53 bits per heavy atom. The summed E-state index contributed by atoms with van der Waals surface area (Å²) < 4.78 is 1.07. The highest BCUT2D eigenvalue weighted by molar-refractivity contribution is 9.10. The van der Waals surface area contributed by atoms with Gasteiger partial charge in [0.05, 0.1) is 6.54 Å². The summed E-state index contributed by atoms with van der Waals surface area (Å²) in [5.74, 6) is 0.130. The summed E-state index contributed by atoms with van der Waals surface area (Å²) in [5.41, 5.74) is 1.21. The summed E-state index contributed by atoms with van der Waals surface area (Å²) in [6.07, 6.45) is 2.28. The molecule has 1 fully saturated rings. The zero-order valence-electron chi connectivity index (χ0n) is 9.95. The molecule has 92 valence electrons. The molecule has 4 heteroatoms. The number of hydrogen-bond donors (Lipinski definition) is 1. The van der Waals surface area contributed by atoms with Crippen LogP contribution in [0.4, 0.5) is 0 Å². The van der Waals surface area contributed by atoms with Gasteiger partial charge in [0.25, 0.3) is 0 Å². The van der Waals surface area contributed by atoms with Crippen molar-refractivity contribution in [2.75, 3.05) is 13.6 Å². The number of halogens is 1. The second-order valence-electron chi connectivity index (χ2n) is 4.64. The molecule has 0 radical (unpaired) electrons. The maximum absolute atomic E-state index is 11.6. The maximum Gasteiger partial charge on any atom is 0.234 e. The van der Waals surface area contributed by atoms with Crippen LogP contribution < -0.4 is 5.32 Å². The van der Waals surface area contributed by atoms with Crippen LogP contribution in [-0.4, -0.2) is 30.4 Å². The summed E-state index contributed by atoms with van der Waals surface area (Å²) >= 11 is 3.45. The molecule has 17 heavy (non-hydrogen) atoms. The van der Waals surface area contributed by atoms with Crippen LogP contribution in [0.15, 0.2) is 28.7 Å². The molecule has 2 rings (SSSR count). The summed E-state index contributed by atoms with van der Waals surface area (Å²) in [6.45, 7) is 1.25. The zero-order valence-corrected chi connectivity index (χ0v) is 11.5. The molecule has 1 aromatic rings. The van der Waals surface area contributed by atoms with Crippen LogP contribution in [0.2, 0.25) is 0 Å². The molecule has 0 heterocycles. The van der Waals surface area contributed by atoms with Gasteiger partial charge in [-0.25, -0.2) is 0 Å². The molecule has 0 spiro atoms. The molecule has 1 saturated carbocycles. The lowest BCUT2D eigenvalue weighted by molar-refractivity contribution is -0.122. The highest BCUT2D eigenvalue weighted by Crippen LogP contribution is 2.18. The fourth-order valence-corrected chi connectivity index (χ4v) is 2.20. The minimum atomic E-state index is 0.130. The molecule has 0 unspecified atom stereocenters. The Morgan fingerprint density at radius 3 is 2.94 bits per heavy atom. The maximum atomic E-state index is 11.6. The Hall–Kier alpha value is -0.870. The molecule has 0 aromatic heterocycles. The van der Waals surface area contributed by atoms with Crippen molar-refractivity contribution in [3.63, 3.8) is 0 Å². The normalized spacial score (nSPS) is 15.0. The standard InChI is InChI=1S/C13H17BrN2O/c1-16(9-13(17)15-12-5-6-12)8-10-3-2-4-11(14)7-10/h2-4,7,12H,5-6,8-9H2,1H3,(H,15,17). The molecular weight excluding hydrogens is 280 g/mol. The SMILES string of the molecule is CN(CC(=O)NC1CC1)Cc1cccc(Br)c1. The Balaban J connectivity index is 1.79. The van der Waals surface area contributed by atoms with Gasteiger partial charge in [0.15, 0.2) is 0 Å². The molecule has 1 amide bonds. The van der Waals surface area contributed by atoms with Gasteiger partial charge in [0, 0.05) is 17.1 Å². The Bertz CT molecular complexity index is 404. The molecule has 0 aliphatic heterocycles.